The quantitative estimate of drug-likeness (QED) is 0.480. The Balaban J connectivity index is 2.93. The van der Waals surface area contributed by atoms with E-state index in [-0.39, 0.29) is 5.96 Å². The fourth-order valence-corrected chi connectivity index (χ4v) is 1.48. The molecule has 0 atom stereocenters. The highest BCUT2D eigenvalue weighted by atomic mass is 35.5. The second-order valence-electron chi connectivity index (χ2n) is 3.68. The van der Waals surface area contributed by atoms with Gasteiger partial charge in [0.25, 0.3) is 0 Å². The van der Waals surface area contributed by atoms with Gasteiger partial charge in [-0.25, -0.2) is 0 Å². The summed E-state index contributed by atoms with van der Waals surface area (Å²) in [5, 5.41) is 8.48. The molecule has 4 nitrogen and oxygen atoms in total. The van der Waals surface area contributed by atoms with Crippen molar-refractivity contribution in [1.82, 2.24) is 0 Å². The van der Waals surface area contributed by atoms with Crippen LogP contribution in [-0.2, 0) is 0 Å². The molecule has 0 saturated heterocycles. The topological polar surface area (TPSA) is 76.8 Å². The van der Waals surface area contributed by atoms with E-state index in [4.69, 9.17) is 23.1 Å². The third-order valence-corrected chi connectivity index (χ3v) is 2.48. The highest BCUT2D eigenvalue weighted by molar-refractivity contribution is 6.30. The number of guanidine groups is 1. The molecule has 0 unspecified atom stereocenters. The van der Waals surface area contributed by atoms with Gasteiger partial charge in [-0.3, -0.25) is 0 Å². The van der Waals surface area contributed by atoms with Gasteiger partial charge in [-0.15, -0.1) is 5.10 Å². The van der Waals surface area contributed by atoms with E-state index in [1.807, 2.05) is 24.3 Å². The lowest BCUT2D eigenvalue weighted by Gasteiger charge is -2.04. The first-order chi connectivity index (χ1) is 8.13. The third-order valence-electron chi connectivity index (χ3n) is 2.23. The highest BCUT2D eigenvalue weighted by Gasteiger charge is 2.03. The van der Waals surface area contributed by atoms with Crippen LogP contribution in [0.3, 0.4) is 0 Å². The molecule has 5 heteroatoms. The molecule has 0 radical (unpaired) electrons. The van der Waals surface area contributed by atoms with Crippen molar-refractivity contribution in [2.45, 2.75) is 26.2 Å². The van der Waals surface area contributed by atoms with E-state index in [1.165, 1.54) is 0 Å². The van der Waals surface area contributed by atoms with E-state index in [1.54, 1.807) is 0 Å². The fraction of sp³-hybridized carbons (Fsp3) is 0.333. The van der Waals surface area contributed by atoms with E-state index in [9.17, 15) is 0 Å². The molecule has 0 aliphatic rings. The summed E-state index contributed by atoms with van der Waals surface area (Å²) in [6.45, 7) is 2.13. The van der Waals surface area contributed by atoms with E-state index in [2.05, 4.69) is 17.1 Å². The predicted molar refractivity (Wildman–Crippen MR) is 73.3 cm³/mol. The third kappa shape index (κ3) is 4.87. The molecule has 4 N–H and O–H groups in total. The lowest BCUT2D eigenvalue weighted by molar-refractivity contribution is 0.832. The van der Waals surface area contributed by atoms with Gasteiger partial charge in [0, 0.05) is 5.02 Å². The Morgan fingerprint density at radius 2 is 1.82 bits per heavy atom. The summed E-state index contributed by atoms with van der Waals surface area (Å²) in [4.78, 5) is 0. The lowest BCUT2D eigenvalue weighted by atomic mass is 10.1. The van der Waals surface area contributed by atoms with Gasteiger partial charge in [0.05, 0.1) is 5.71 Å². The Hall–Kier alpha value is -1.55. The van der Waals surface area contributed by atoms with Gasteiger partial charge < -0.3 is 11.5 Å². The summed E-state index contributed by atoms with van der Waals surface area (Å²) >= 11 is 5.84. The van der Waals surface area contributed by atoms with Crippen molar-refractivity contribution in [3.8, 4) is 0 Å². The maximum Gasteiger partial charge on any atom is 0.211 e. The van der Waals surface area contributed by atoms with Gasteiger partial charge in [0.15, 0.2) is 0 Å². The molecule has 0 amide bonds. The van der Waals surface area contributed by atoms with Gasteiger partial charge in [0.1, 0.15) is 0 Å². The van der Waals surface area contributed by atoms with Gasteiger partial charge >= 0.3 is 0 Å². The zero-order valence-corrected chi connectivity index (χ0v) is 10.6. The number of benzene rings is 1. The molecule has 92 valence electrons. The van der Waals surface area contributed by atoms with Crippen LogP contribution in [0.25, 0.3) is 0 Å². The average molecular weight is 253 g/mol. The van der Waals surface area contributed by atoms with Crippen LogP contribution >= 0.6 is 11.6 Å². The van der Waals surface area contributed by atoms with Crippen LogP contribution < -0.4 is 11.5 Å². The molecule has 0 aliphatic carbocycles. The molecular formula is C12H17ClN4. The van der Waals surface area contributed by atoms with Crippen LogP contribution in [0.4, 0.5) is 0 Å². The Kier molecular flexibility index (Phi) is 5.49. The first-order valence-electron chi connectivity index (χ1n) is 5.55. The van der Waals surface area contributed by atoms with Crippen molar-refractivity contribution in [3.63, 3.8) is 0 Å². The number of halogens is 1. The van der Waals surface area contributed by atoms with Gasteiger partial charge in [-0.1, -0.05) is 37.1 Å². The van der Waals surface area contributed by atoms with E-state index in [0.717, 1.165) is 30.5 Å². The van der Waals surface area contributed by atoms with Crippen molar-refractivity contribution >= 4 is 23.3 Å². The molecule has 0 spiro atoms. The van der Waals surface area contributed by atoms with Crippen molar-refractivity contribution in [2.75, 3.05) is 0 Å². The van der Waals surface area contributed by atoms with Gasteiger partial charge in [0.2, 0.25) is 5.96 Å². The maximum atomic E-state index is 5.84. The van der Waals surface area contributed by atoms with E-state index >= 15 is 0 Å². The predicted octanol–water partition coefficient (Wildman–Crippen LogP) is 2.51. The van der Waals surface area contributed by atoms with Crippen LogP contribution in [-0.4, -0.2) is 11.7 Å². The summed E-state index contributed by atoms with van der Waals surface area (Å²) < 4.78 is 0. The number of rotatable bonds is 5. The fourth-order valence-electron chi connectivity index (χ4n) is 1.36. The highest BCUT2D eigenvalue weighted by Crippen LogP contribution is 2.13. The Morgan fingerprint density at radius 1 is 1.18 bits per heavy atom. The Bertz CT molecular complexity index is 405. The van der Waals surface area contributed by atoms with Gasteiger partial charge in [-0.05, 0) is 30.5 Å². The number of hydrogen-bond acceptors (Lipinski definition) is 2. The van der Waals surface area contributed by atoms with E-state index in [0.29, 0.717) is 5.02 Å². The molecule has 0 heterocycles. The van der Waals surface area contributed by atoms with Gasteiger partial charge in [-0.2, -0.15) is 5.10 Å². The molecule has 0 bridgehead atoms. The molecule has 0 fully saturated rings. The second-order valence-corrected chi connectivity index (χ2v) is 4.12. The molecule has 0 aromatic heterocycles. The number of hydrogen-bond donors (Lipinski definition) is 2. The molecule has 17 heavy (non-hydrogen) atoms. The van der Waals surface area contributed by atoms with Crippen LogP contribution in [0.15, 0.2) is 34.5 Å². The van der Waals surface area contributed by atoms with E-state index < -0.39 is 0 Å². The standard InChI is InChI=1S/C12H17ClN4/c1-2-3-4-11(16-17-12(14)15)9-5-7-10(13)8-6-9/h5-8H,2-4H2,1H3,(H4,14,15,17). The van der Waals surface area contributed by atoms with Crippen molar-refractivity contribution in [1.29, 1.82) is 0 Å². The van der Waals surface area contributed by atoms with Crippen LogP contribution in [0.1, 0.15) is 31.7 Å². The average Bonchev–Trinajstić information content (AvgIpc) is 2.30. The second kappa shape index (κ2) is 6.91. The molecule has 1 aromatic carbocycles. The lowest BCUT2D eigenvalue weighted by Crippen LogP contribution is -2.22. The largest absolute Gasteiger partial charge is 0.369 e. The summed E-state index contributed by atoms with van der Waals surface area (Å²) in [5.74, 6) is -0.0343. The molecule has 0 aliphatic heterocycles. The van der Waals surface area contributed by atoms with Crippen LogP contribution in [0.2, 0.25) is 5.02 Å². The number of unbranched alkanes of at least 4 members (excludes halogenated alkanes) is 1. The summed E-state index contributed by atoms with van der Waals surface area (Å²) in [6, 6.07) is 7.49. The minimum Gasteiger partial charge on any atom is -0.369 e. The number of nitrogens with two attached hydrogens (primary N) is 2. The maximum absolute atomic E-state index is 5.84. The normalized spacial score (nSPS) is 11.3. The summed E-state index contributed by atoms with van der Waals surface area (Å²) in [7, 11) is 0. The zero-order chi connectivity index (χ0) is 12.7. The summed E-state index contributed by atoms with van der Waals surface area (Å²) in [6.07, 6.45) is 2.98. The smallest absolute Gasteiger partial charge is 0.211 e. The molecule has 1 aromatic rings. The SMILES string of the molecule is CCCCC(=NN=C(N)N)c1ccc(Cl)cc1. The first kappa shape index (κ1) is 13.5. The van der Waals surface area contributed by atoms with Crippen molar-refractivity contribution in [3.05, 3.63) is 34.9 Å². The first-order valence-corrected chi connectivity index (χ1v) is 5.92. The molecule has 1 rings (SSSR count). The number of nitrogens with zero attached hydrogens (tertiary/aromatic N) is 2. The summed E-state index contributed by atoms with van der Waals surface area (Å²) in [5.41, 5.74) is 12.4. The monoisotopic (exact) mass is 252 g/mol. The Morgan fingerprint density at radius 3 is 2.35 bits per heavy atom. The van der Waals surface area contributed by atoms with Crippen molar-refractivity contribution in [2.24, 2.45) is 21.7 Å². The zero-order valence-electron chi connectivity index (χ0n) is 9.86. The van der Waals surface area contributed by atoms with Crippen LogP contribution in [0.5, 0.6) is 0 Å². The van der Waals surface area contributed by atoms with Crippen LogP contribution in [0, 0.1) is 0 Å². The minimum atomic E-state index is -0.0343. The molecular weight excluding hydrogens is 236 g/mol. The van der Waals surface area contributed by atoms with Crippen molar-refractivity contribution < 1.29 is 0 Å². The minimum absolute atomic E-state index is 0.0343. The molecule has 0 saturated carbocycles. The Labute approximate surface area is 106 Å².